The third kappa shape index (κ3) is 40.5. The van der Waals surface area contributed by atoms with Crippen LogP contribution in [0.25, 0.3) is 0 Å². The van der Waals surface area contributed by atoms with Crippen molar-refractivity contribution in [2.45, 2.75) is 213 Å². The van der Waals surface area contributed by atoms with Crippen molar-refractivity contribution in [2.24, 2.45) is 0 Å². The molecule has 0 fully saturated rings. The molecular weight excluding hydrogens is 661 g/mol. The van der Waals surface area contributed by atoms with Crippen LogP contribution in [0, 0.1) is 0 Å². The zero-order chi connectivity index (χ0) is 37.7. The predicted octanol–water partition coefficient (Wildman–Crippen LogP) is 12.5. The highest BCUT2D eigenvalue weighted by molar-refractivity contribution is 7.47. The number of quaternary nitrogens is 1. The normalized spacial score (nSPS) is 13.8. The smallest absolute Gasteiger partial charge is 0.457 e. The zero-order valence-corrected chi connectivity index (χ0v) is 35.5. The molecule has 0 aromatic carbocycles. The Labute approximate surface area is 317 Å². The first kappa shape index (κ1) is 50.5. The van der Waals surface area contributed by atoms with Crippen LogP contribution in [-0.4, -0.2) is 75.6 Å². The first-order valence-corrected chi connectivity index (χ1v) is 23.3. The van der Waals surface area contributed by atoms with E-state index >= 15 is 0 Å². The first-order chi connectivity index (χ1) is 24.6. The molecule has 0 saturated carbocycles. The van der Waals surface area contributed by atoms with Gasteiger partial charge in [-0.05, 0) is 12.8 Å². The highest BCUT2D eigenvalue weighted by atomic mass is 31.2. The van der Waals surface area contributed by atoms with Crippen molar-refractivity contribution in [1.29, 1.82) is 0 Å². The maximum Gasteiger partial charge on any atom is 0.472 e. The quantitative estimate of drug-likeness (QED) is 0.0288. The number of esters is 1. The molecule has 0 heterocycles. The molecule has 0 aromatic heterocycles. The van der Waals surface area contributed by atoms with Gasteiger partial charge in [0.2, 0.25) is 0 Å². The standard InChI is InChI=1S/C42H86NO7P/c1-6-8-10-12-14-16-18-20-22-24-26-28-30-32-34-37-47-39-41(40-49-51(45,46)48-38-36-43(3,4)5)50-42(44)35-33-31-29-27-25-23-21-19-17-15-13-11-9-7-2/h41H,6-40H2,1-5H3/p+1. The maximum absolute atomic E-state index is 12.7. The number of unbranched alkanes of at least 4 members (excludes halogenated alkanes) is 27. The fourth-order valence-electron chi connectivity index (χ4n) is 6.26. The number of ether oxygens (including phenoxy) is 2. The molecule has 0 bridgehead atoms. The number of carbonyl (C=O) groups excluding carboxylic acids is 1. The Bertz CT molecular complexity index is 792. The fraction of sp³-hybridized carbons (Fsp3) is 0.976. The molecule has 0 spiro atoms. The van der Waals surface area contributed by atoms with Gasteiger partial charge in [0.05, 0.1) is 34.4 Å². The molecule has 9 heteroatoms. The van der Waals surface area contributed by atoms with Gasteiger partial charge >= 0.3 is 13.8 Å². The lowest BCUT2D eigenvalue weighted by Gasteiger charge is -2.24. The lowest BCUT2D eigenvalue weighted by atomic mass is 10.0. The van der Waals surface area contributed by atoms with E-state index in [0.29, 0.717) is 24.1 Å². The van der Waals surface area contributed by atoms with E-state index in [2.05, 4.69) is 13.8 Å². The molecule has 0 radical (unpaired) electrons. The van der Waals surface area contributed by atoms with Crippen molar-refractivity contribution in [3.8, 4) is 0 Å². The van der Waals surface area contributed by atoms with Crippen LogP contribution in [-0.2, 0) is 27.9 Å². The van der Waals surface area contributed by atoms with E-state index in [9.17, 15) is 14.3 Å². The summed E-state index contributed by atoms with van der Waals surface area (Å²) in [4.78, 5) is 22.8. The van der Waals surface area contributed by atoms with Crippen LogP contribution in [0.5, 0.6) is 0 Å². The molecule has 0 aliphatic heterocycles. The molecule has 1 N–H and O–H groups in total. The number of nitrogens with zero attached hydrogens (tertiary/aromatic N) is 1. The van der Waals surface area contributed by atoms with E-state index in [0.717, 1.165) is 32.1 Å². The fourth-order valence-corrected chi connectivity index (χ4v) is 7.00. The molecule has 8 nitrogen and oxygen atoms in total. The SMILES string of the molecule is CCCCCCCCCCCCCCCCCOCC(COP(=O)(O)OCC[N+](C)(C)C)OC(=O)CCCCCCCCCCCCCCCC. The molecule has 51 heavy (non-hydrogen) atoms. The van der Waals surface area contributed by atoms with Gasteiger partial charge in [0.1, 0.15) is 19.3 Å². The average molecular weight is 749 g/mol. The van der Waals surface area contributed by atoms with Crippen LogP contribution >= 0.6 is 7.82 Å². The summed E-state index contributed by atoms with van der Waals surface area (Å²) in [5.41, 5.74) is 0. The minimum atomic E-state index is -4.26. The lowest BCUT2D eigenvalue weighted by molar-refractivity contribution is -0.870. The van der Waals surface area contributed by atoms with Gasteiger partial charge in [-0.25, -0.2) is 4.57 Å². The van der Waals surface area contributed by atoms with Gasteiger partial charge in [-0.2, -0.15) is 0 Å². The Hall–Kier alpha value is -0.500. The Morgan fingerprint density at radius 2 is 0.902 bits per heavy atom. The van der Waals surface area contributed by atoms with E-state index in [1.807, 2.05) is 21.1 Å². The van der Waals surface area contributed by atoms with Crippen LogP contribution in [0.2, 0.25) is 0 Å². The number of hydrogen-bond acceptors (Lipinski definition) is 6. The highest BCUT2D eigenvalue weighted by Crippen LogP contribution is 2.43. The maximum atomic E-state index is 12.7. The van der Waals surface area contributed by atoms with Crippen LogP contribution in [0.4, 0.5) is 0 Å². The third-order valence-corrected chi connectivity index (χ3v) is 10.7. The second kappa shape index (κ2) is 36.5. The number of rotatable bonds is 41. The molecule has 2 unspecified atom stereocenters. The van der Waals surface area contributed by atoms with Gasteiger partial charge in [-0.1, -0.05) is 187 Å². The van der Waals surface area contributed by atoms with Crippen LogP contribution < -0.4 is 0 Å². The monoisotopic (exact) mass is 749 g/mol. The Kier molecular flexibility index (Phi) is 36.1. The van der Waals surface area contributed by atoms with Crippen molar-refractivity contribution in [1.82, 2.24) is 0 Å². The largest absolute Gasteiger partial charge is 0.472 e. The second-order valence-electron chi connectivity index (χ2n) is 16.1. The molecule has 306 valence electrons. The minimum absolute atomic E-state index is 0.0938. The summed E-state index contributed by atoms with van der Waals surface area (Å²) in [7, 11) is 1.68. The predicted molar refractivity (Wildman–Crippen MR) is 215 cm³/mol. The zero-order valence-electron chi connectivity index (χ0n) is 34.6. The molecule has 0 aliphatic rings. The summed E-state index contributed by atoms with van der Waals surface area (Å²) in [6, 6.07) is 0. The van der Waals surface area contributed by atoms with Crippen molar-refractivity contribution in [2.75, 3.05) is 54.1 Å². The third-order valence-electron chi connectivity index (χ3n) is 9.67. The summed E-state index contributed by atoms with van der Waals surface area (Å²) in [6.07, 6.45) is 36.9. The van der Waals surface area contributed by atoms with Crippen molar-refractivity contribution < 1.29 is 37.3 Å². The van der Waals surface area contributed by atoms with E-state index < -0.39 is 13.9 Å². The van der Waals surface area contributed by atoms with Gasteiger partial charge < -0.3 is 18.9 Å². The van der Waals surface area contributed by atoms with Crippen LogP contribution in [0.3, 0.4) is 0 Å². The van der Waals surface area contributed by atoms with Gasteiger partial charge in [-0.3, -0.25) is 13.8 Å². The second-order valence-corrected chi connectivity index (χ2v) is 17.5. The number of hydrogen-bond donors (Lipinski definition) is 1. The lowest BCUT2D eigenvalue weighted by Crippen LogP contribution is -2.37. The Morgan fingerprint density at radius 1 is 0.529 bits per heavy atom. The van der Waals surface area contributed by atoms with Crippen LogP contribution in [0.15, 0.2) is 0 Å². The minimum Gasteiger partial charge on any atom is -0.457 e. The molecule has 0 rings (SSSR count). The number of carbonyl (C=O) groups is 1. The van der Waals surface area contributed by atoms with E-state index in [-0.39, 0.29) is 25.8 Å². The van der Waals surface area contributed by atoms with Crippen LogP contribution in [0.1, 0.15) is 206 Å². The highest BCUT2D eigenvalue weighted by Gasteiger charge is 2.26. The average Bonchev–Trinajstić information content (AvgIpc) is 3.08. The molecule has 0 amide bonds. The van der Waals surface area contributed by atoms with E-state index in [1.54, 1.807) is 0 Å². The summed E-state index contributed by atoms with van der Waals surface area (Å²) < 4.78 is 35.0. The Balaban J connectivity index is 4.19. The number of phosphoric ester groups is 1. The van der Waals surface area contributed by atoms with E-state index in [1.165, 1.54) is 154 Å². The number of phosphoric acid groups is 1. The van der Waals surface area contributed by atoms with Gasteiger partial charge in [0.25, 0.3) is 0 Å². The molecule has 0 aliphatic carbocycles. The summed E-state index contributed by atoms with van der Waals surface area (Å²) in [5.74, 6) is -0.308. The van der Waals surface area contributed by atoms with Crippen molar-refractivity contribution >= 4 is 13.8 Å². The Morgan fingerprint density at radius 3 is 1.29 bits per heavy atom. The summed E-state index contributed by atoms with van der Waals surface area (Å²) in [5, 5.41) is 0. The molecule has 2 atom stereocenters. The van der Waals surface area contributed by atoms with Gasteiger partial charge in [0, 0.05) is 13.0 Å². The summed E-state index contributed by atoms with van der Waals surface area (Å²) in [6.45, 7) is 5.67. The molecule has 0 saturated heterocycles. The molecule has 0 aromatic rings. The topological polar surface area (TPSA) is 91.3 Å². The van der Waals surface area contributed by atoms with Crippen molar-refractivity contribution in [3.05, 3.63) is 0 Å². The van der Waals surface area contributed by atoms with Gasteiger partial charge in [0.15, 0.2) is 0 Å². The summed E-state index contributed by atoms with van der Waals surface area (Å²) >= 11 is 0. The van der Waals surface area contributed by atoms with E-state index in [4.69, 9.17) is 18.5 Å². The number of likely N-dealkylation sites (N-methyl/N-ethyl adjacent to an activating group) is 1. The van der Waals surface area contributed by atoms with Gasteiger partial charge in [-0.15, -0.1) is 0 Å². The first-order valence-electron chi connectivity index (χ1n) is 21.8. The van der Waals surface area contributed by atoms with Crippen molar-refractivity contribution in [3.63, 3.8) is 0 Å². The molecular formula is C42H87NO7P+.